The van der Waals surface area contributed by atoms with Crippen LogP contribution in [0.4, 0.5) is 35.1 Å². The molecule has 75 heavy (non-hydrogen) atoms. The lowest BCUT2D eigenvalue weighted by atomic mass is 9.76. The molecule has 5 N–H and O–H groups in total. The second-order valence-electron chi connectivity index (χ2n) is 20.2. The molecule has 19 heteroatoms. The third-order valence-corrected chi connectivity index (χ3v) is 13.3. The van der Waals surface area contributed by atoms with Crippen LogP contribution in [-0.4, -0.2) is 62.3 Å². The van der Waals surface area contributed by atoms with Gasteiger partial charge in [-0.2, -0.15) is 13.2 Å². The Kier molecular flexibility index (Phi) is 30.4. The summed E-state index contributed by atoms with van der Waals surface area (Å²) in [6, 6.07) is 10.1. The van der Waals surface area contributed by atoms with E-state index < -0.39 is 53.7 Å². The minimum absolute atomic E-state index is 0.0532. The van der Waals surface area contributed by atoms with E-state index in [-0.39, 0.29) is 80.1 Å². The van der Waals surface area contributed by atoms with E-state index in [1.165, 1.54) is 56.2 Å². The minimum Gasteiger partial charge on any atom is -0.451 e. The number of hydrazine groups is 1. The molecule has 4 aromatic rings. The summed E-state index contributed by atoms with van der Waals surface area (Å²) in [7, 11) is 0. The van der Waals surface area contributed by atoms with Gasteiger partial charge in [0.1, 0.15) is 23.2 Å². The number of alkyl halides is 6. The average Bonchev–Trinajstić information content (AvgIpc) is 3.31. The summed E-state index contributed by atoms with van der Waals surface area (Å²) in [6.45, 7) is 22.1. The largest absolute Gasteiger partial charge is 0.451 e. The number of pyridine rings is 1. The van der Waals surface area contributed by atoms with Crippen molar-refractivity contribution in [1.82, 2.24) is 20.0 Å². The van der Waals surface area contributed by atoms with Gasteiger partial charge in [0.25, 0.3) is 12.5 Å². The number of Topliss-reactive ketones (excluding diaryl/α,β-unsaturated/α-hetero) is 1. The van der Waals surface area contributed by atoms with E-state index in [0.717, 1.165) is 18.9 Å². The first kappa shape index (κ1) is 68.8. The second-order valence-corrected chi connectivity index (χ2v) is 20.6. The van der Waals surface area contributed by atoms with E-state index in [1.54, 1.807) is 37.9 Å². The highest BCUT2D eigenvalue weighted by atomic mass is 35.5. The average molecular weight is 1090 g/mol. The zero-order valence-electron chi connectivity index (χ0n) is 46.3. The lowest BCUT2D eigenvalue weighted by Gasteiger charge is -2.28. The summed E-state index contributed by atoms with van der Waals surface area (Å²) < 4.78 is 108. The van der Waals surface area contributed by atoms with Gasteiger partial charge in [0, 0.05) is 47.7 Å². The minimum atomic E-state index is -4.73. The van der Waals surface area contributed by atoms with Gasteiger partial charge in [0.2, 0.25) is 11.6 Å². The third kappa shape index (κ3) is 22.7. The van der Waals surface area contributed by atoms with Crippen LogP contribution in [0, 0.1) is 35.8 Å². The summed E-state index contributed by atoms with van der Waals surface area (Å²) in [5, 5.41) is 17.4. The fourth-order valence-electron chi connectivity index (χ4n) is 8.25. The van der Waals surface area contributed by atoms with Crippen LogP contribution in [0.1, 0.15) is 192 Å². The Morgan fingerprint density at radius 2 is 1.51 bits per heavy atom. The summed E-state index contributed by atoms with van der Waals surface area (Å²) >= 11 is 6.58. The van der Waals surface area contributed by atoms with Crippen molar-refractivity contribution in [3.8, 4) is 5.69 Å². The van der Waals surface area contributed by atoms with Crippen molar-refractivity contribution in [2.24, 2.45) is 17.7 Å². The molecule has 3 atom stereocenters. The number of rotatable bonds is 19. The number of aromatic nitrogens is 3. The molecule has 2 aromatic heterocycles. The lowest BCUT2D eigenvalue weighted by molar-refractivity contribution is -0.234. The van der Waals surface area contributed by atoms with Crippen LogP contribution in [-0.2, 0) is 11.2 Å². The molecule has 1 fully saturated rings. The number of carbonyl (C=O) groups is 1. The Hall–Kier alpha value is -4.26. The maximum Gasteiger partial charge on any atom is 0.422 e. The predicted octanol–water partition coefficient (Wildman–Crippen LogP) is 15.8. The van der Waals surface area contributed by atoms with Crippen LogP contribution in [0.25, 0.3) is 16.7 Å². The lowest BCUT2D eigenvalue weighted by Crippen LogP contribution is -2.40. The van der Waals surface area contributed by atoms with E-state index in [1.807, 2.05) is 41.5 Å². The Bertz CT molecular complexity index is 2400. The molecule has 3 unspecified atom stereocenters. The van der Waals surface area contributed by atoms with Crippen LogP contribution in [0.15, 0.2) is 47.3 Å². The van der Waals surface area contributed by atoms with Crippen LogP contribution < -0.4 is 16.8 Å². The smallest absolute Gasteiger partial charge is 0.422 e. The third-order valence-electron chi connectivity index (χ3n) is 13.0. The highest BCUT2D eigenvalue weighted by Crippen LogP contribution is 2.42. The molecular formula is C56H84BClF8N6O3. The monoisotopic (exact) mass is 1090 g/mol. The molecule has 0 aliphatic heterocycles. The van der Waals surface area contributed by atoms with Gasteiger partial charge in [-0.15, -0.1) is 0 Å². The van der Waals surface area contributed by atoms with E-state index >= 15 is 0 Å². The number of nitrogens with two attached hydrogens (primary N) is 1. The number of carbonyl (C=O) groups excluding carboxylic acids is 1. The fraction of sp³-hybridized carbons (Fsp3) is 0.625. The van der Waals surface area contributed by atoms with Crippen molar-refractivity contribution >= 4 is 41.0 Å². The second kappa shape index (κ2) is 33.1. The molecule has 0 spiro atoms. The molecule has 1 saturated carbocycles. The first-order valence-corrected chi connectivity index (χ1v) is 26.9. The van der Waals surface area contributed by atoms with E-state index in [2.05, 4.69) is 19.3 Å². The first-order valence-electron chi connectivity index (χ1n) is 26.5. The van der Waals surface area contributed by atoms with Gasteiger partial charge in [-0.1, -0.05) is 119 Å². The van der Waals surface area contributed by atoms with E-state index in [4.69, 9.17) is 37.8 Å². The van der Waals surface area contributed by atoms with Crippen LogP contribution >= 0.6 is 11.6 Å². The maximum absolute atomic E-state index is 14.4. The summed E-state index contributed by atoms with van der Waals surface area (Å²) in [5.74, 6) is 0.453. The Balaban J connectivity index is 0.000000763. The van der Waals surface area contributed by atoms with Crippen molar-refractivity contribution in [3.63, 3.8) is 0 Å². The Morgan fingerprint density at radius 1 is 0.947 bits per heavy atom. The summed E-state index contributed by atoms with van der Waals surface area (Å²) in [6.07, 6.45) is 2.54. The van der Waals surface area contributed by atoms with Crippen molar-refractivity contribution in [1.29, 1.82) is 5.41 Å². The van der Waals surface area contributed by atoms with Crippen LogP contribution in [0.5, 0.6) is 0 Å². The van der Waals surface area contributed by atoms with Crippen molar-refractivity contribution in [2.75, 3.05) is 6.54 Å². The van der Waals surface area contributed by atoms with Gasteiger partial charge in [-0.05, 0) is 118 Å². The van der Waals surface area contributed by atoms with Crippen LogP contribution in [0.3, 0.4) is 0 Å². The molecule has 0 bridgehead atoms. The molecule has 1 aliphatic rings. The molecule has 1 aliphatic carbocycles. The number of benzene rings is 2. The number of hydrogen-bond donors (Lipinski definition) is 4. The molecule has 0 saturated heterocycles. The standard InChI is InChI=1S/C35H37ClF4N4O.C10H18F4.C6H14.C3H8N2O.C2H7BO/c1-5-6-28(41)31-20(4)30(10-8-27(31)36)44-33(26(19(2)3)17-21-15-23(37)18-24(38)16-21)43-32-25(34(44)45)7-9-29(42-32)22-11-13-35(39,40)14-12-22;1-4-8(3)6-7-9(11,5-2)10(12,13)14;1-3-5-6-4-2;1-3(6)2-5-4;1-3(2)4/h7-10,15-16,18-19,22,26,41H,5-6,11-14,17H2,1-4H3;8H,4-7H2,1-3H3;3-6H2,1-2H3;5H,2,4H2,1H3;4H,1-2H3. The summed E-state index contributed by atoms with van der Waals surface area (Å²) in [4.78, 5) is 34.0. The van der Waals surface area contributed by atoms with Gasteiger partial charge in [-0.25, -0.2) is 31.9 Å². The molecular weight excluding hydrogens is 1000 g/mol. The normalized spacial score (nSPS) is 14.9. The topological polar surface area (TPSA) is 147 Å². The number of nitrogens with zero attached hydrogens (tertiary/aromatic N) is 3. The van der Waals surface area contributed by atoms with Crippen molar-refractivity contribution < 1.29 is 44.9 Å². The number of unbranched alkanes of at least 4 members (excludes halogenated alkanes) is 3. The molecule has 2 aromatic carbocycles. The van der Waals surface area contributed by atoms with Crippen molar-refractivity contribution in [3.05, 3.63) is 97.7 Å². The van der Waals surface area contributed by atoms with Crippen LogP contribution in [0.2, 0.25) is 18.7 Å². The number of ketones is 1. The van der Waals surface area contributed by atoms with Gasteiger partial charge >= 0.3 is 6.18 Å². The molecule has 422 valence electrons. The highest BCUT2D eigenvalue weighted by molar-refractivity contribution is 6.46. The molecule has 9 nitrogen and oxygen atoms in total. The van der Waals surface area contributed by atoms with Crippen molar-refractivity contribution in [2.45, 2.75) is 209 Å². The zero-order valence-corrected chi connectivity index (χ0v) is 47.1. The molecule has 2 heterocycles. The Morgan fingerprint density at radius 3 is 1.95 bits per heavy atom. The Labute approximate surface area is 446 Å². The predicted molar refractivity (Wildman–Crippen MR) is 292 cm³/mol. The highest BCUT2D eigenvalue weighted by Gasteiger charge is 2.54. The zero-order chi connectivity index (χ0) is 57.4. The number of nitrogens with one attached hydrogen (secondary N) is 2. The van der Waals surface area contributed by atoms with Gasteiger partial charge in [0.15, 0.2) is 5.65 Å². The van der Waals surface area contributed by atoms with E-state index in [9.17, 15) is 44.7 Å². The summed E-state index contributed by atoms with van der Waals surface area (Å²) in [5.41, 5.74) is 2.09. The number of halogens is 9. The quantitative estimate of drug-likeness (QED) is 0.0183. The molecule has 0 radical (unpaired) electrons. The fourth-order valence-corrected chi connectivity index (χ4v) is 8.57. The molecule has 0 amide bonds. The number of hydrogen-bond acceptors (Lipinski definition) is 8. The number of fused-ring (bicyclic) bond motifs is 1. The van der Waals surface area contributed by atoms with Gasteiger partial charge < -0.3 is 10.4 Å². The SMILES string of the molecule is CB(C)O.CC(=O)CNN.CCC(C)CCC(F)(CC)C(F)(F)F.CCCC(=N)c1c(Cl)ccc(-n2c(C(Cc3cc(F)cc(F)c3)C(C)C)nc3nc(C4CCC(F)(F)CC4)ccc3c2=O)c1C.CCCCCC. The van der Waals surface area contributed by atoms with Gasteiger partial charge in [0.05, 0.1) is 22.6 Å². The van der Waals surface area contributed by atoms with Gasteiger partial charge in [-0.3, -0.25) is 25.4 Å². The molecule has 5 rings (SSSR count). The van der Waals surface area contributed by atoms with E-state index in [0.29, 0.717) is 57.5 Å². The first-order chi connectivity index (χ1) is 35.0. The maximum atomic E-state index is 14.4.